The van der Waals surface area contributed by atoms with Gasteiger partial charge >= 0.3 is 0 Å². The third-order valence-corrected chi connectivity index (χ3v) is 4.69. The van der Waals surface area contributed by atoms with Gasteiger partial charge in [-0.1, -0.05) is 19.1 Å². The number of hydrogen-bond donors (Lipinski definition) is 0. The lowest BCUT2D eigenvalue weighted by molar-refractivity contribution is 0.285. The molecule has 0 amide bonds. The second kappa shape index (κ2) is 7.27. The smallest absolute Gasteiger partial charge is 0.298 e. The minimum atomic E-state index is 0.749. The molecule has 0 N–H and O–H groups in total. The highest BCUT2D eigenvalue weighted by Crippen LogP contribution is 2.22. The molecule has 1 aliphatic heterocycles. The van der Waals surface area contributed by atoms with Gasteiger partial charge in [-0.15, -0.1) is 0 Å². The lowest BCUT2D eigenvalue weighted by Gasteiger charge is -2.20. The van der Waals surface area contributed by atoms with Gasteiger partial charge in [0.15, 0.2) is 5.58 Å². The number of rotatable bonds is 5. The first-order valence-electron chi connectivity index (χ1n) is 9.16. The maximum absolute atomic E-state index is 5.93. The Hall–Kier alpha value is -2.34. The molecule has 6 nitrogen and oxygen atoms in total. The molecule has 0 spiro atoms. The van der Waals surface area contributed by atoms with Crippen LogP contribution in [0.15, 0.2) is 41.1 Å². The maximum Gasteiger partial charge on any atom is 0.298 e. The molecule has 6 heteroatoms. The van der Waals surface area contributed by atoms with Crippen molar-refractivity contribution in [1.82, 2.24) is 19.7 Å². The molecule has 1 aliphatic rings. The summed E-state index contributed by atoms with van der Waals surface area (Å²) in [7, 11) is 0. The van der Waals surface area contributed by atoms with Crippen LogP contribution in [-0.2, 0) is 13.1 Å². The summed E-state index contributed by atoms with van der Waals surface area (Å²) in [6.07, 6.45) is 6.40. The fourth-order valence-corrected chi connectivity index (χ4v) is 3.41. The Morgan fingerprint density at radius 1 is 1.12 bits per heavy atom. The molecule has 0 bridgehead atoms. The van der Waals surface area contributed by atoms with Gasteiger partial charge in [0.25, 0.3) is 6.01 Å². The molecule has 3 aromatic rings. The normalized spacial score (nSPS) is 16.4. The van der Waals surface area contributed by atoms with Crippen LogP contribution in [0, 0.1) is 0 Å². The van der Waals surface area contributed by atoms with Crippen LogP contribution in [0.1, 0.15) is 25.3 Å². The van der Waals surface area contributed by atoms with E-state index in [2.05, 4.69) is 33.0 Å². The van der Waals surface area contributed by atoms with Crippen LogP contribution in [0.25, 0.3) is 11.1 Å². The molecular formula is C19H25N5O. The van der Waals surface area contributed by atoms with Crippen molar-refractivity contribution in [3.05, 3.63) is 42.2 Å². The number of fused-ring (bicyclic) bond motifs is 1. The van der Waals surface area contributed by atoms with E-state index in [1.54, 1.807) is 0 Å². The van der Waals surface area contributed by atoms with E-state index >= 15 is 0 Å². The van der Waals surface area contributed by atoms with Crippen molar-refractivity contribution in [3.63, 3.8) is 0 Å². The van der Waals surface area contributed by atoms with Gasteiger partial charge < -0.3 is 9.32 Å². The fraction of sp³-hybridized carbons (Fsp3) is 0.474. The van der Waals surface area contributed by atoms with E-state index < -0.39 is 0 Å². The van der Waals surface area contributed by atoms with Crippen LogP contribution >= 0.6 is 0 Å². The summed E-state index contributed by atoms with van der Waals surface area (Å²) in [5.41, 5.74) is 3.09. The molecule has 4 rings (SSSR count). The molecular weight excluding hydrogens is 314 g/mol. The molecule has 0 atom stereocenters. The molecule has 132 valence electrons. The van der Waals surface area contributed by atoms with Crippen molar-refractivity contribution in [1.29, 1.82) is 0 Å². The van der Waals surface area contributed by atoms with Crippen molar-refractivity contribution >= 4 is 17.1 Å². The van der Waals surface area contributed by atoms with Crippen molar-refractivity contribution in [2.45, 2.75) is 32.9 Å². The van der Waals surface area contributed by atoms with Crippen molar-refractivity contribution in [2.24, 2.45) is 0 Å². The summed E-state index contributed by atoms with van der Waals surface area (Å²) in [5, 5.41) is 4.44. The number of aryl methyl sites for hydroxylation is 1. The van der Waals surface area contributed by atoms with Crippen LogP contribution < -0.4 is 4.90 Å². The monoisotopic (exact) mass is 339 g/mol. The Kier molecular flexibility index (Phi) is 4.70. The molecule has 0 unspecified atom stereocenters. The molecule has 0 saturated carbocycles. The van der Waals surface area contributed by atoms with Gasteiger partial charge in [0.1, 0.15) is 5.52 Å². The molecule has 0 aliphatic carbocycles. The lowest BCUT2D eigenvalue weighted by atomic mass is 10.3. The van der Waals surface area contributed by atoms with Gasteiger partial charge in [0.05, 0.1) is 6.20 Å². The van der Waals surface area contributed by atoms with Crippen LogP contribution in [0.5, 0.6) is 0 Å². The number of nitrogens with zero attached hydrogens (tertiary/aromatic N) is 5. The van der Waals surface area contributed by atoms with Crippen LogP contribution in [0.2, 0.25) is 0 Å². The van der Waals surface area contributed by atoms with E-state index in [0.29, 0.717) is 0 Å². The average molecular weight is 339 g/mol. The third kappa shape index (κ3) is 3.69. The van der Waals surface area contributed by atoms with Gasteiger partial charge in [0, 0.05) is 51.0 Å². The molecule has 3 heterocycles. The summed E-state index contributed by atoms with van der Waals surface area (Å²) in [5.74, 6) is 0. The van der Waals surface area contributed by atoms with E-state index in [0.717, 1.165) is 69.2 Å². The largest absolute Gasteiger partial charge is 0.423 e. The van der Waals surface area contributed by atoms with E-state index in [9.17, 15) is 0 Å². The number of aromatic nitrogens is 3. The average Bonchev–Trinajstić information content (AvgIpc) is 3.17. The second-order valence-electron chi connectivity index (χ2n) is 6.69. The lowest BCUT2D eigenvalue weighted by Crippen LogP contribution is -2.30. The first-order valence-corrected chi connectivity index (χ1v) is 9.16. The zero-order chi connectivity index (χ0) is 17.1. The quantitative estimate of drug-likeness (QED) is 0.715. The van der Waals surface area contributed by atoms with Crippen LogP contribution in [-0.4, -0.2) is 45.8 Å². The van der Waals surface area contributed by atoms with Gasteiger partial charge in [-0.05, 0) is 25.0 Å². The standard InChI is InChI=1S/C19H25N5O/c1-2-8-24-15-16(13-20-24)14-22-9-5-10-23(12-11-22)19-21-17-6-3-4-7-18(17)25-19/h3-4,6-7,13,15H,2,5,8-12,14H2,1H3. The summed E-state index contributed by atoms with van der Waals surface area (Å²) in [6, 6.07) is 8.71. The second-order valence-corrected chi connectivity index (χ2v) is 6.69. The topological polar surface area (TPSA) is 50.3 Å². The van der Waals surface area contributed by atoms with Gasteiger partial charge in [0.2, 0.25) is 0 Å². The van der Waals surface area contributed by atoms with E-state index in [1.807, 2.05) is 35.1 Å². The number of anilines is 1. The molecule has 2 aromatic heterocycles. The Labute approximate surface area is 148 Å². The minimum Gasteiger partial charge on any atom is -0.423 e. The number of para-hydroxylation sites is 2. The Bertz CT molecular complexity index is 791. The molecule has 25 heavy (non-hydrogen) atoms. The Morgan fingerprint density at radius 3 is 2.92 bits per heavy atom. The minimum absolute atomic E-state index is 0.749. The van der Waals surface area contributed by atoms with Crippen molar-refractivity contribution < 1.29 is 4.42 Å². The van der Waals surface area contributed by atoms with Gasteiger partial charge in [-0.2, -0.15) is 10.1 Å². The van der Waals surface area contributed by atoms with E-state index in [1.165, 1.54) is 5.56 Å². The van der Waals surface area contributed by atoms with Gasteiger partial charge in [-0.25, -0.2) is 0 Å². The zero-order valence-electron chi connectivity index (χ0n) is 14.8. The Morgan fingerprint density at radius 2 is 2.04 bits per heavy atom. The van der Waals surface area contributed by atoms with Gasteiger partial charge in [-0.3, -0.25) is 9.58 Å². The van der Waals surface area contributed by atoms with Crippen LogP contribution in [0.4, 0.5) is 6.01 Å². The predicted octanol–water partition coefficient (Wildman–Crippen LogP) is 3.15. The van der Waals surface area contributed by atoms with Crippen molar-refractivity contribution in [3.8, 4) is 0 Å². The highest BCUT2D eigenvalue weighted by molar-refractivity contribution is 5.74. The predicted molar refractivity (Wildman–Crippen MR) is 98.6 cm³/mol. The number of hydrogen-bond acceptors (Lipinski definition) is 5. The number of benzene rings is 1. The fourth-order valence-electron chi connectivity index (χ4n) is 3.41. The summed E-state index contributed by atoms with van der Waals surface area (Å²) >= 11 is 0. The van der Waals surface area contributed by atoms with E-state index in [-0.39, 0.29) is 0 Å². The first-order chi connectivity index (χ1) is 12.3. The summed E-state index contributed by atoms with van der Waals surface area (Å²) in [6.45, 7) is 8.16. The maximum atomic E-state index is 5.93. The van der Waals surface area contributed by atoms with Crippen molar-refractivity contribution in [2.75, 3.05) is 31.1 Å². The highest BCUT2D eigenvalue weighted by Gasteiger charge is 2.19. The molecule has 0 radical (unpaired) electrons. The third-order valence-electron chi connectivity index (χ3n) is 4.69. The van der Waals surface area contributed by atoms with Crippen LogP contribution in [0.3, 0.4) is 0 Å². The summed E-state index contributed by atoms with van der Waals surface area (Å²) < 4.78 is 7.97. The molecule has 1 aromatic carbocycles. The zero-order valence-corrected chi connectivity index (χ0v) is 14.8. The number of oxazole rings is 1. The van der Waals surface area contributed by atoms with E-state index in [4.69, 9.17) is 4.42 Å². The first kappa shape index (κ1) is 16.1. The molecule has 1 fully saturated rings. The highest BCUT2D eigenvalue weighted by atomic mass is 16.4. The summed E-state index contributed by atoms with van der Waals surface area (Å²) in [4.78, 5) is 9.40. The Balaban J connectivity index is 1.39. The SMILES string of the molecule is CCCn1cc(CN2CCCN(c3nc4ccccc4o3)CC2)cn1. The molecule has 1 saturated heterocycles.